The Morgan fingerprint density at radius 2 is 0.970 bits per heavy atom. The molecule has 1 unspecified atom stereocenters. The van der Waals surface area contributed by atoms with Gasteiger partial charge in [0.1, 0.15) is 0 Å². The molecule has 0 radical (unpaired) electrons. The maximum atomic E-state index is 2.58. The van der Waals surface area contributed by atoms with Crippen LogP contribution in [0.5, 0.6) is 0 Å². The largest absolute Gasteiger partial charge is 0.0654 e. The van der Waals surface area contributed by atoms with E-state index in [9.17, 15) is 0 Å². The van der Waals surface area contributed by atoms with Crippen molar-refractivity contribution in [2.24, 2.45) is 16.2 Å². The highest BCUT2D eigenvalue weighted by Crippen LogP contribution is 2.57. The van der Waals surface area contributed by atoms with Crippen molar-refractivity contribution in [3.8, 4) is 0 Å². The molecule has 33 heavy (non-hydrogen) atoms. The van der Waals surface area contributed by atoms with E-state index >= 15 is 0 Å². The fourth-order valence-corrected chi connectivity index (χ4v) is 7.14. The third-order valence-corrected chi connectivity index (χ3v) is 10.3. The van der Waals surface area contributed by atoms with Gasteiger partial charge in [-0.15, -0.1) is 0 Å². The van der Waals surface area contributed by atoms with Crippen LogP contribution in [0.2, 0.25) is 0 Å². The van der Waals surface area contributed by atoms with E-state index in [2.05, 4.69) is 92.6 Å². The molecule has 1 atom stereocenters. The van der Waals surface area contributed by atoms with Crippen LogP contribution in [-0.2, 0) is 5.41 Å². The Morgan fingerprint density at radius 3 is 1.33 bits per heavy atom. The molecule has 0 aliphatic heterocycles. The van der Waals surface area contributed by atoms with E-state index in [0.717, 1.165) is 0 Å². The SMILES string of the molecule is CCCCCC(CC(CC)(CC)CC)(CC(CC)(CC)CC)CC(C)(CC)c1ccccc1. The summed E-state index contributed by atoms with van der Waals surface area (Å²) in [4.78, 5) is 0. The zero-order valence-electron chi connectivity index (χ0n) is 24.3. The summed E-state index contributed by atoms with van der Waals surface area (Å²) < 4.78 is 0. The minimum absolute atomic E-state index is 0.245. The smallest absolute Gasteiger partial charge is 0.00726 e. The normalized spacial score (nSPS) is 14.9. The monoisotopic (exact) mass is 456 g/mol. The van der Waals surface area contributed by atoms with Crippen molar-refractivity contribution in [3.63, 3.8) is 0 Å². The standard InChI is InChI=1S/C33H60/c1-10-18-22-25-33(27-31(12-3,13-4)14-5,28-32(15-6,16-7)17-8)26-30(9,11-2)29-23-20-19-21-24-29/h19-21,23-24H,10-18,22,25-28H2,1-9H3. The number of benzene rings is 1. The molecule has 0 fully saturated rings. The van der Waals surface area contributed by atoms with Gasteiger partial charge in [-0.3, -0.25) is 0 Å². The number of rotatable bonds is 18. The number of hydrogen-bond acceptors (Lipinski definition) is 0. The molecule has 0 saturated heterocycles. The van der Waals surface area contributed by atoms with Crippen molar-refractivity contribution in [2.75, 3.05) is 0 Å². The lowest BCUT2D eigenvalue weighted by atomic mass is 9.53. The Hall–Kier alpha value is -0.780. The van der Waals surface area contributed by atoms with Gasteiger partial charge in [-0.2, -0.15) is 0 Å². The van der Waals surface area contributed by atoms with Crippen molar-refractivity contribution >= 4 is 0 Å². The van der Waals surface area contributed by atoms with Gasteiger partial charge in [-0.1, -0.05) is 150 Å². The average Bonchev–Trinajstić information content (AvgIpc) is 2.87. The summed E-state index contributed by atoms with van der Waals surface area (Å²) in [6.07, 6.45) is 18.8. The van der Waals surface area contributed by atoms with Crippen LogP contribution in [0.3, 0.4) is 0 Å². The fraction of sp³-hybridized carbons (Fsp3) is 0.818. The predicted octanol–water partition coefficient (Wildman–Crippen LogP) is 11.5. The Bertz CT molecular complexity index is 580. The second-order valence-corrected chi connectivity index (χ2v) is 11.9. The lowest BCUT2D eigenvalue weighted by molar-refractivity contribution is 0.0123. The lowest BCUT2D eigenvalue weighted by Crippen LogP contribution is -2.41. The summed E-state index contributed by atoms with van der Waals surface area (Å²) >= 11 is 0. The van der Waals surface area contributed by atoms with Crippen LogP contribution in [0.25, 0.3) is 0 Å². The molecule has 1 rings (SSSR count). The quantitative estimate of drug-likeness (QED) is 0.193. The second-order valence-electron chi connectivity index (χ2n) is 11.9. The molecule has 0 heteroatoms. The molecular weight excluding hydrogens is 396 g/mol. The van der Waals surface area contributed by atoms with Gasteiger partial charge in [-0.05, 0) is 59.3 Å². The van der Waals surface area contributed by atoms with E-state index < -0.39 is 0 Å². The van der Waals surface area contributed by atoms with Crippen LogP contribution in [0.1, 0.15) is 158 Å². The summed E-state index contributed by atoms with van der Waals surface area (Å²) in [5, 5.41) is 0. The van der Waals surface area contributed by atoms with E-state index in [1.165, 1.54) is 89.9 Å². The third kappa shape index (κ3) is 7.86. The van der Waals surface area contributed by atoms with Gasteiger partial charge in [0, 0.05) is 0 Å². The first-order chi connectivity index (χ1) is 15.7. The van der Waals surface area contributed by atoms with Gasteiger partial charge in [0.15, 0.2) is 0 Å². The second kappa shape index (κ2) is 13.9. The molecule has 0 nitrogen and oxygen atoms in total. The van der Waals surface area contributed by atoms with E-state index in [1.54, 1.807) is 5.56 Å². The van der Waals surface area contributed by atoms with Crippen LogP contribution >= 0.6 is 0 Å². The molecular formula is C33H60. The molecule has 0 aliphatic carbocycles. The first-order valence-corrected chi connectivity index (χ1v) is 14.8. The Labute approximate surface area is 209 Å². The van der Waals surface area contributed by atoms with Gasteiger partial charge in [-0.25, -0.2) is 0 Å². The van der Waals surface area contributed by atoms with Gasteiger partial charge in [0.05, 0.1) is 0 Å². The molecule has 0 saturated carbocycles. The summed E-state index contributed by atoms with van der Waals surface area (Å²) in [5.74, 6) is 0. The van der Waals surface area contributed by atoms with Crippen LogP contribution < -0.4 is 0 Å². The van der Waals surface area contributed by atoms with Gasteiger partial charge in [0.25, 0.3) is 0 Å². The van der Waals surface area contributed by atoms with Crippen LogP contribution in [0.4, 0.5) is 0 Å². The van der Waals surface area contributed by atoms with Crippen LogP contribution in [-0.4, -0.2) is 0 Å². The van der Waals surface area contributed by atoms with E-state index in [1.807, 2.05) is 0 Å². The van der Waals surface area contributed by atoms with Gasteiger partial charge in [0.2, 0.25) is 0 Å². The highest BCUT2D eigenvalue weighted by Gasteiger charge is 2.46. The van der Waals surface area contributed by atoms with Crippen LogP contribution in [0.15, 0.2) is 30.3 Å². The zero-order valence-corrected chi connectivity index (χ0v) is 24.3. The Morgan fingerprint density at radius 1 is 0.515 bits per heavy atom. The molecule has 0 amide bonds. The maximum absolute atomic E-state index is 2.58. The molecule has 0 aliphatic rings. The van der Waals surface area contributed by atoms with Gasteiger partial charge >= 0.3 is 0 Å². The number of hydrogen-bond donors (Lipinski definition) is 0. The van der Waals surface area contributed by atoms with Crippen molar-refractivity contribution in [3.05, 3.63) is 35.9 Å². The molecule has 0 N–H and O–H groups in total. The van der Waals surface area contributed by atoms with E-state index in [0.29, 0.717) is 16.2 Å². The molecule has 1 aromatic carbocycles. The minimum Gasteiger partial charge on any atom is -0.0654 e. The summed E-state index contributed by atoms with van der Waals surface area (Å²) in [7, 11) is 0. The average molecular weight is 457 g/mol. The molecule has 1 aromatic rings. The molecule has 0 bridgehead atoms. The van der Waals surface area contributed by atoms with Crippen molar-refractivity contribution in [1.82, 2.24) is 0 Å². The summed E-state index contributed by atoms with van der Waals surface area (Å²) in [5.41, 5.74) is 3.18. The van der Waals surface area contributed by atoms with Crippen molar-refractivity contribution in [2.45, 2.75) is 158 Å². The molecule has 0 aromatic heterocycles. The highest BCUT2D eigenvalue weighted by molar-refractivity contribution is 5.25. The third-order valence-electron chi connectivity index (χ3n) is 10.3. The lowest BCUT2D eigenvalue weighted by Gasteiger charge is -2.51. The fourth-order valence-electron chi connectivity index (χ4n) is 7.14. The summed E-state index contributed by atoms with van der Waals surface area (Å²) in [6.45, 7) is 22.2. The zero-order chi connectivity index (χ0) is 25.0. The highest BCUT2D eigenvalue weighted by atomic mass is 14.5. The van der Waals surface area contributed by atoms with E-state index in [4.69, 9.17) is 0 Å². The Balaban J connectivity index is 3.65. The van der Waals surface area contributed by atoms with Crippen LogP contribution in [0, 0.1) is 16.2 Å². The molecule has 0 spiro atoms. The maximum Gasteiger partial charge on any atom is -0.00726 e. The topological polar surface area (TPSA) is 0 Å². The first kappa shape index (κ1) is 30.3. The summed E-state index contributed by atoms with van der Waals surface area (Å²) in [6, 6.07) is 11.5. The Kier molecular flexibility index (Phi) is 12.8. The van der Waals surface area contributed by atoms with E-state index in [-0.39, 0.29) is 5.41 Å². The predicted molar refractivity (Wildman–Crippen MR) is 151 cm³/mol. The van der Waals surface area contributed by atoms with Crippen molar-refractivity contribution in [1.29, 1.82) is 0 Å². The minimum atomic E-state index is 0.245. The van der Waals surface area contributed by atoms with Gasteiger partial charge < -0.3 is 0 Å². The van der Waals surface area contributed by atoms with Crippen molar-refractivity contribution < 1.29 is 0 Å². The number of unbranched alkanes of at least 4 members (excludes halogenated alkanes) is 2. The molecule has 0 heterocycles. The molecule has 192 valence electrons. The first-order valence-electron chi connectivity index (χ1n) is 14.8.